The molecule has 1 saturated carbocycles. The molecule has 0 unspecified atom stereocenters. The Bertz CT molecular complexity index is 2540. The Hall–Kier alpha value is -5.96. The molecule has 4 amide bonds. The number of ether oxygens (including phenoxy) is 3. The van der Waals surface area contributed by atoms with Crippen molar-refractivity contribution < 1.29 is 33.4 Å². The molecule has 9 rings (SSSR count). The summed E-state index contributed by atoms with van der Waals surface area (Å²) in [6, 6.07) is 17.1. The van der Waals surface area contributed by atoms with E-state index in [9.17, 15) is 19.2 Å². The van der Waals surface area contributed by atoms with E-state index in [2.05, 4.69) is 69.1 Å². The summed E-state index contributed by atoms with van der Waals surface area (Å²) >= 11 is 0. The molecule has 64 heavy (non-hydrogen) atoms. The number of imidazole rings is 2. The fourth-order valence-electron chi connectivity index (χ4n) is 11.0. The highest BCUT2D eigenvalue weighted by Gasteiger charge is 2.51. The van der Waals surface area contributed by atoms with Gasteiger partial charge in [0.1, 0.15) is 23.7 Å². The van der Waals surface area contributed by atoms with Gasteiger partial charge < -0.3 is 44.6 Å². The summed E-state index contributed by atoms with van der Waals surface area (Å²) in [6.45, 7) is 9.55. The maximum atomic E-state index is 14.3. The molecule has 5 aromatic rings. The van der Waals surface area contributed by atoms with Crippen molar-refractivity contribution in [2.24, 2.45) is 23.2 Å². The maximum Gasteiger partial charge on any atom is 0.407 e. The topological polar surface area (TPSA) is 184 Å². The van der Waals surface area contributed by atoms with Crippen molar-refractivity contribution in [1.29, 1.82) is 0 Å². The molecular weight excluding hydrogens is 813 g/mol. The Morgan fingerprint density at radius 2 is 1.52 bits per heavy atom. The van der Waals surface area contributed by atoms with Crippen LogP contribution in [0.25, 0.3) is 44.2 Å². The van der Waals surface area contributed by atoms with Gasteiger partial charge in [0.25, 0.3) is 0 Å². The maximum absolute atomic E-state index is 14.3. The van der Waals surface area contributed by atoms with Crippen LogP contribution < -0.4 is 10.6 Å². The van der Waals surface area contributed by atoms with Crippen LogP contribution in [-0.4, -0.2) is 106 Å². The highest BCUT2D eigenvalue weighted by Crippen LogP contribution is 2.49. The number of H-pyrrole nitrogens is 2. The summed E-state index contributed by atoms with van der Waals surface area (Å²) in [5.74, 6) is 1.39. The monoisotopic (exact) mass is 872 g/mol. The Morgan fingerprint density at radius 3 is 2.20 bits per heavy atom. The average molecular weight is 873 g/mol. The zero-order valence-corrected chi connectivity index (χ0v) is 37.6. The number of hydrogen-bond acceptors (Lipinski definition) is 9. The SMILES string of the molecule is COC(=O)N[C@H](C(=O)N1C[C@]2(CCCOC2)C[C@H]1c1nc2ccc3cc(-c4ccc(-c5cnc([C@@H]6C[C@@H]7CCC[C@@H]7N6C(=O)[C@@H](NC(=O)OC)C(C)C)[nH]5)cc4)ccc3c2[nH]1)C(C)C. The van der Waals surface area contributed by atoms with Gasteiger partial charge >= 0.3 is 12.2 Å². The number of aromatic nitrogens is 4. The lowest BCUT2D eigenvalue weighted by atomic mass is 9.80. The third-order valence-electron chi connectivity index (χ3n) is 14.3. The number of hydrogen-bond donors (Lipinski definition) is 4. The molecule has 4 N–H and O–H groups in total. The molecule has 4 fully saturated rings. The Morgan fingerprint density at radius 1 is 0.812 bits per heavy atom. The lowest BCUT2D eigenvalue weighted by Crippen LogP contribution is -2.53. The second-order valence-electron chi connectivity index (χ2n) is 19.1. The molecule has 338 valence electrons. The van der Waals surface area contributed by atoms with Gasteiger partial charge in [0.05, 0.1) is 55.8 Å². The van der Waals surface area contributed by atoms with Crippen LogP contribution in [0.1, 0.15) is 96.4 Å². The molecule has 2 aromatic heterocycles. The molecule has 0 bridgehead atoms. The van der Waals surface area contributed by atoms with Gasteiger partial charge in [0.2, 0.25) is 11.8 Å². The van der Waals surface area contributed by atoms with E-state index in [-0.39, 0.29) is 47.2 Å². The van der Waals surface area contributed by atoms with Gasteiger partial charge in [-0.3, -0.25) is 9.59 Å². The third-order valence-corrected chi connectivity index (χ3v) is 14.3. The van der Waals surface area contributed by atoms with Crippen LogP contribution in [0.15, 0.2) is 60.8 Å². The second-order valence-corrected chi connectivity index (χ2v) is 19.1. The summed E-state index contributed by atoms with van der Waals surface area (Å²) in [6.07, 6.45) is 7.16. The van der Waals surface area contributed by atoms with Crippen molar-refractivity contribution in [3.05, 3.63) is 72.4 Å². The quantitative estimate of drug-likeness (QED) is 0.108. The number of rotatable bonds is 10. The Balaban J connectivity index is 0.950. The predicted molar refractivity (Wildman–Crippen MR) is 242 cm³/mol. The van der Waals surface area contributed by atoms with E-state index < -0.39 is 24.3 Å². The molecule has 7 atom stereocenters. The number of carbonyl (C=O) groups excluding carboxylic acids is 4. The molecule has 5 heterocycles. The number of nitrogens with one attached hydrogen (secondary N) is 4. The van der Waals surface area contributed by atoms with Gasteiger partial charge in [0.15, 0.2) is 0 Å². The fourth-order valence-corrected chi connectivity index (χ4v) is 11.0. The van der Waals surface area contributed by atoms with Crippen LogP contribution in [0.3, 0.4) is 0 Å². The number of aromatic amines is 2. The highest BCUT2D eigenvalue weighted by molar-refractivity contribution is 6.05. The number of methoxy groups -OCH3 is 2. The molecule has 3 saturated heterocycles. The van der Waals surface area contributed by atoms with Crippen molar-refractivity contribution in [1.82, 2.24) is 40.4 Å². The summed E-state index contributed by atoms with van der Waals surface area (Å²) in [7, 11) is 2.62. The van der Waals surface area contributed by atoms with Gasteiger partial charge in [-0.15, -0.1) is 0 Å². The first-order valence-corrected chi connectivity index (χ1v) is 22.8. The number of nitrogens with zero attached hydrogens (tertiary/aromatic N) is 4. The number of fused-ring (bicyclic) bond motifs is 4. The Labute approximate surface area is 373 Å². The lowest BCUT2D eigenvalue weighted by molar-refractivity contribution is -0.138. The normalized spacial score (nSPS) is 24.1. The van der Waals surface area contributed by atoms with Crippen molar-refractivity contribution >= 4 is 45.8 Å². The molecule has 4 aliphatic rings. The van der Waals surface area contributed by atoms with Gasteiger partial charge in [-0.25, -0.2) is 19.6 Å². The summed E-state index contributed by atoms with van der Waals surface area (Å²) < 4.78 is 15.7. The smallest absolute Gasteiger partial charge is 0.407 e. The Kier molecular flexibility index (Phi) is 11.9. The molecule has 3 aliphatic heterocycles. The molecule has 15 heteroatoms. The summed E-state index contributed by atoms with van der Waals surface area (Å²) in [5, 5.41) is 7.65. The van der Waals surface area contributed by atoms with E-state index in [1.807, 2.05) is 49.8 Å². The first-order chi connectivity index (χ1) is 30.9. The van der Waals surface area contributed by atoms with Crippen LogP contribution >= 0.6 is 0 Å². The number of amides is 4. The minimum absolute atomic E-state index is 0.0899. The number of likely N-dealkylation sites (tertiary alicyclic amines) is 2. The molecule has 15 nitrogen and oxygen atoms in total. The molecule has 3 aromatic carbocycles. The minimum Gasteiger partial charge on any atom is -0.453 e. The fraction of sp³-hybridized carbons (Fsp3) is 0.510. The standard InChI is InChI=1S/C49H60N8O7/c1-27(2)40(54-47(60)62-5)45(58)56-25-49(19-8-20-64-26-49)23-39(56)44-51-35-18-16-32-21-31(15-17-34(32)42(35)53-44)29-11-13-30(14-12-29)36-24-50-43(52-36)38-22-33-9-7-10-37(33)57(38)46(59)41(28(3)4)55-48(61)63-6/h11-18,21,24,27-28,33,37-41H,7-10,19-20,22-23,25-26H2,1-6H3,(H,50,52)(H,51,53)(H,54,60)(H,55,61)/t33-,37-,38-,39-,40-,41-,49-/m0/s1. The minimum atomic E-state index is -0.744. The number of benzene rings is 3. The number of alkyl carbamates (subject to hydrolysis) is 2. The van der Waals surface area contributed by atoms with E-state index in [0.29, 0.717) is 25.5 Å². The largest absolute Gasteiger partial charge is 0.453 e. The zero-order valence-electron chi connectivity index (χ0n) is 37.6. The van der Waals surface area contributed by atoms with E-state index >= 15 is 0 Å². The van der Waals surface area contributed by atoms with Gasteiger partial charge in [0, 0.05) is 30.0 Å². The predicted octanol–water partition coefficient (Wildman–Crippen LogP) is 8.05. The first kappa shape index (κ1) is 43.3. The van der Waals surface area contributed by atoms with Crippen molar-refractivity contribution in [2.75, 3.05) is 34.0 Å². The summed E-state index contributed by atoms with van der Waals surface area (Å²) in [4.78, 5) is 74.0. The van der Waals surface area contributed by atoms with Gasteiger partial charge in [-0.05, 0) is 90.5 Å². The first-order valence-electron chi connectivity index (χ1n) is 22.8. The lowest BCUT2D eigenvalue weighted by Gasteiger charge is -2.33. The van der Waals surface area contributed by atoms with E-state index in [1.54, 1.807) is 0 Å². The van der Waals surface area contributed by atoms with Crippen molar-refractivity contribution in [2.45, 2.75) is 103 Å². The molecule has 1 aliphatic carbocycles. The zero-order chi connectivity index (χ0) is 44.9. The van der Waals surface area contributed by atoms with Crippen LogP contribution in [-0.2, 0) is 23.8 Å². The number of carbonyl (C=O) groups is 4. The highest BCUT2D eigenvalue weighted by atomic mass is 16.5. The van der Waals surface area contributed by atoms with Gasteiger partial charge in [-0.2, -0.15) is 0 Å². The van der Waals surface area contributed by atoms with Crippen molar-refractivity contribution in [3.8, 4) is 22.4 Å². The van der Waals surface area contributed by atoms with Crippen LogP contribution in [0, 0.1) is 23.2 Å². The molecule has 1 spiro atoms. The molecule has 0 radical (unpaired) electrons. The second kappa shape index (κ2) is 17.5. The summed E-state index contributed by atoms with van der Waals surface area (Å²) in [5.41, 5.74) is 5.55. The van der Waals surface area contributed by atoms with Crippen LogP contribution in [0.4, 0.5) is 9.59 Å². The van der Waals surface area contributed by atoms with E-state index in [4.69, 9.17) is 24.2 Å². The third kappa shape index (κ3) is 8.07. The van der Waals surface area contributed by atoms with Crippen LogP contribution in [0.2, 0.25) is 0 Å². The van der Waals surface area contributed by atoms with E-state index in [0.717, 1.165) is 101 Å². The molecular formula is C49H60N8O7. The van der Waals surface area contributed by atoms with E-state index in [1.165, 1.54) is 14.2 Å². The average Bonchev–Trinajstić information content (AvgIpc) is 4.15. The van der Waals surface area contributed by atoms with Gasteiger partial charge in [-0.1, -0.05) is 76.6 Å². The van der Waals surface area contributed by atoms with Crippen LogP contribution in [0.5, 0.6) is 0 Å². The van der Waals surface area contributed by atoms with Crippen molar-refractivity contribution in [3.63, 3.8) is 0 Å².